The summed E-state index contributed by atoms with van der Waals surface area (Å²) in [4.78, 5) is 72.0. The summed E-state index contributed by atoms with van der Waals surface area (Å²) in [5.41, 5.74) is -0.0306. The van der Waals surface area contributed by atoms with Crippen molar-refractivity contribution in [1.29, 1.82) is 0 Å². The predicted octanol–water partition coefficient (Wildman–Crippen LogP) is -0.871. The lowest BCUT2D eigenvalue weighted by Gasteiger charge is -2.27. The highest BCUT2D eigenvalue weighted by molar-refractivity contribution is 6.24. The molecule has 0 saturated carbocycles. The van der Waals surface area contributed by atoms with Gasteiger partial charge in [0, 0.05) is 13.3 Å². The molecule has 1 fully saturated rings. The van der Waals surface area contributed by atoms with Gasteiger partial charge in [-0.05, 0) is 18.6 Å². The first kappa shape index (κ1) is 18.2. The molecule has 1 aromatic rings. The highest BCUT2D eigenvalue weighted by Gasteiger charge is 2.46. The first-order chi connectivity index (χ1) is 12.8. The van der Waals surface area contributed by atoms with Gasteiger partial charge in [-0.25, -0.2) is 0 Å². The normalized spacial score (nSPS) is 18.9. The van der Waals surface area contributed by atoms with Crippen LogP contribution in [-0.2, 0) is 19.2 Å². The van der Waals surface area contributed by atoms with Gasteiger partial charge in [-0.2, -0.15) is 0 Å². The van der Waals surface area contributed by atoms with Crippen LogP contribution in [0.3, 0.4) is 0 Å². The number of rotatable bonds is 4. The molecule has 0 radical (unpaired) electrons. The van der Waals surface area contributed by atoms with Crippen LogP contribution in [0.25, 0.3) is 0 Å². The second-order valence-corrected chi connectivity index (χ2v) is 6.02. The van der Waals surface area contributed by atoms with E-state index in [0.29, 0.717) is 0 Å². The second-order valence-electron chi connectivity index (χ2n) is 6.02. The maximum atomic E-state index is 12.8. The largest absolute Gasteiger partial charge is 0.483 e. The van der Waals surface area contributed by atoms with E-state index in [1.54, 1.807) is 0 Å². The number of carbonyl (C=O) groups is 6. The fourth-order valence-electron chi connectivity index (χ4n) is 2.98. The summed E-state index contributed by atoms with van der Waals surface area (Å²) in [5.74, 6) is -3.89. The molecule has 1 atom stereocenters. The third kappa shape index (κ3) is 3.41. The molecule has 0 bridgehead atoms. The zero-order valence-corrected chi connectivity index (χ0v) is 14.2. The lowest BCUT2D eigenvalue weighted by atomic mass is 10.0. The van der Waals surface area contributed by atoms with Crippen LogP contribution in [-0.4, -0.2) is 53.0 Å². The highest BCUT2D eigenvalue weighted by Crippen LogP contribution is 2.33. The van der Waals surface area contributed by atoms with E-state index in [0.717, 1.165) is 11.8 Å². The number of piperidine rings is 1. The Hall–Kier alpha value is -3.56. The number of fused-ring (bicyclic) bond motifs is 1. The minimum absolute atomic E-state index is 0.0123. The number of hydrogen-bond acceptors (Lipinski definition) is 7. The van der Waals surface area contributed by atoms with Crippen molar-refractivity contribution >= 4 is 35.4 Å². The van der Waals surface area contributed by atoms with Crippen molar-refractivity contribution in [2.75, 3.05) is 6.61 Å². The monoisotopic (exact) mass is 373 g/mol. The van der Waals surface area contributed by atoms with Gasteiger partial charge in [0.25, 0.3) is 17.7 Å². The number of amides is 6. The van der Waals surface area contributed by atoms with Crippen molar-refractivity contribution in [3.8, 4) is 5.75 Å². The van der Waals surface area contributed by atoms with E-state index in [2.05, 4.69) is 5.32 Å². The van der Waals surface area contributed by atoms with Crippen LogP contribution in [0.2, 0.25) is 0 Å². The van der Waals surface area contributed by atoms with Crippen LogP contribution in [0.4, 0.5) is 0 Å². The van der Waals surface area contributed by atoms with Gasteiger partial charge in [-0.15, -0.1) is 0 Å². The van der Waals surface area contributed by atoms with E-state index < -0.39 is 48.1 Å². The summed E-state index contributed by atoms with van der Waals surface area (Å²) in [6.45, 7) is 0.633. The van der Waals surface area contributed by atoms with Crippen molar-refractivity contribution < 1.29 is 33.5 Å². The predicted molar refractivity (Wildman–Crippen MR) is 87.4 cm³/mol. The number of benzene rings is 1. The average Bonchev–Trinajstić information content (AvgIpc) is 2.85. The van der Waals surface area contributed by atoms with Crippen LogP contribution in [0, 0.1) is 0 Å². The third-order valence-electron chi connectivity index (χ3n) is 4.10. The van der Waals surface area contributed by atoms with Crippen LogP contribution < -0.4 is 15.4 Å². The minimum atomic E-state index is -1.09. The van der Waals surface area contributed by atoms with Gasteiger partial charge in [0.05, 0.1) is 11.1 Å². The molecule has 3 rings (SSSR count). The van der Waals surface area contributed by atoms with Gasteiger partial charge < -0.3 is 4.74 Å². The first-order valence-corrected chi connectivity index (χ1v) is 8.07. The molecule has 1 saturated heterocycles. The quantitative estimate of drug-likeness (QED) is 0.654. The van der Waals surface area contributed by atoms with Gasteiger partial charge in [0.1, 0.15) is 11.8 Å². The lowest BCUT2D eigenvalue weighted by Crippen LogP contribution is -2.54. The zero-order valence-electron chi connectivity index (χ0n) is 14.2. The number of nitrogens with zero attached hydrogens (tertiary/aromatic N) is 1. The van der Waals surface area contributed by atoms with Crippen LogP contribution in [0.15, 0.2) is 18.2 Å². The van der Waals surface area contributed by atoms with Gasteiger partial charge >= 0.3 is 0 Å². The molecule has 0 aromatic heterocycles. The first-order valence-electron chi connectivity index (χ1n) is 8.07. The zero-order chi connectivity index (χ0) is 19.7. The lowest BCUT2D eigenvalue weighted by molar-refractivity contribution is -0.136. The number of ether oxygens (including phenoxy) is 1. The Labute approximate surface area is 152 Å². The number of imide groups is 3. The van der Waals surface area contributed by atoms with Crippen molar-refractivity contribution in [2.24, 2.45) is 0 Å². The Morgan fingerprint density at radius 2 is 1.96 bits per heavy atom. The van der Waals surface area contributed by atoms with Crippen LogP contribution in [0.5, 0.6) is 5.75 Å². The molecule has 10 heteroatoms. The summed E-state index contributed by atoms with van der Waals surface area (Å²) < 4.78 is 5.29. The number of hydrogen-bond donors (Lipinski definition) is 2. The molecule has 27 heavy (non-hydrogen) atoms. The molecular weight excluding hydrogens is 358 g/mol. The van der Waals surface area contributed by atoms with E-state index in [1.807, 2.05) is 5.32 Å². The van der Waals surface area contributed by atoms with Gasteiger partial charge in [-0.1, -0.05) is 6.07 Å². The van der Waals surface area contributed by atoms with Crippen LogP contribution >= 0.6 is 0 Å². The molecule has 140 valence electrons. The molecule has 1 unspecified atom stereocenters. The fraction of sp³-hybridized carbons (Fsp3) is 0.294. The molecule has 0 spiro atoms. The Balaban J connectivity index is 1.84. The van der Waals surface area contributed by atoms with E-state index in [4.69, 9.17) is 4.74 Å². The summed E-state index contributed by atoms with van der Waals surface area (Å²) >= 11 is 0. The molecule has 2 aliphatic heterocycles. The molecule has 2 aliphatic rings. The van der Waals surface area contributed by atoms with Crippen molar-refractivity contribution in [3.05, 3.63) is 29.3 Å². The smallest absolute Gasteiger partial charge is 0.266 e. The summed E-state index contributed by atoms with van der Waals surface area (Å²) in [6.07, 6.45) is 0.0474. The van der Waals surface area contributed by atoms with Crippen LogP contribution in [0.1, 0.15) is 40.5 Å². The van der Waals surface area contributed by atoms with E-state index in [-0.39, 0.29) is 29.7 Å². The fourth-order valence-corrected chi connectivity index (χ4v) is 2.98. The molecule has 1 aromatic carbocycles. The van der Waals surface area contributed by atoms with Gasteiger partial charge in [0.2, 0.25) is 17.7 Å². The average molecular weight is 373 g/mol. The van der Waals surface area contributed by atoms with Crippen molar-refractivity contribution in [3.63, 3.8) is 0 Å². The third-order valence-corrected chi connectivity index (χ3v) is 4.10. The molecule has 2 N–H and O–H groups in total. The Morgan fingerprint density at radius 1 is 1.22 bits per heavy atom. The second kappa shape index (κ2) is 6.98. The van der Waals surface area contributed by atoms with E-state index >= 15 is 0 Å². The topological polar surface area (TPSA) is 139 Å². The van der Waals surface area contributed by atoms with E-state index in [9.17, 15) is 28.8 Å². The van der Waals surface area contributed by atoms with Gasteiger partial charge in [-0.3, -0.25) is 44.3 Å². The summed E-state index contributed by atoms with van der Waals surface area (Å²) in [5, 5.41) is 4.13. The van der Waals surface area contributed by atoms with Crippen molar-refractivity contribution in [2.45, 2.75) is 25.8 Å². The maximum Gasteiger partial charge on any atom is 0.266 e. The highest BCUT2D eigenvalue weighted by atomic mass is 16.5. The minimum Gasteiger partial charge on any atom is -0.483 e. The molecule has 0 aliphatic carbocycles. The molecule has 10 nitrogen and oxygen atoms in total. The number of nitrogens with one attached hydrogen (secondary N) is 2. The Morgan fingerprint density at radius 3 is 2.63 bits per heavy atom. The Bertz CT molecular complexity index is 893. The van der Waals surface area contributed by atoms with Crippen molar-refractivity contribution in [1.82, 2.24) is 15.5 Å². The maximum absolute atomic E-state index is 12.8. The van der Waals surface area contributed by atoms with Gasteiger partial charge in [0.15, 0.2) is 6.61 Å². The van der Waals surface area contributed by atoms with E-state index in [1.165, 1.54) is 18.2 Å². The summed E-state index contributed by atoms with van der Waals surface area (Å²) in [6, 6.07) is 3.18. The molecular formula is C17H15N3O7. The SMILES string of the molecule is CC(=O)NC(=O)COc1cccc2c1C(=O)N(C1CCC(=O)NC1=O)C2=O. The molecule has 6 amide bonds. The molecule has 2 heterocycles. The standard InChI is InChI=1S/C17H15N3O7/c1-8(21)18-13(23)7-27-11-4-2-3-9-14(11)17(26)20(16(9)25)10-5-6-12(22)19-15(10)24/h2-4,10H,5-7H2,1H3,(H,18,21,23)(H,19,22,24). The summed E-state index contributed by atoms with van der Waals surface area (Å²) in [7, 11) is 0. The Kier molecular flexibility index (Phi) is 4.72. The number of carbonyl (C=O) groups excluding carboxylic acids is 6.